The van der Waals surface area contributed by atoms with Gasteiger partial charge in [0.25, 0.3) is 26.1 Å². The van der Waals surface area contributed by atoms with E-state index < -0.39 is 26.1 Å². The van der Waals surface area contributed by atoms with Gasteiger partial charge < -0.3 is 5.11 Å². The number of amides is 1. The molecule has 198 valence electrons. The zero-order valence-electron chi connectivity index (χ0n) is 20.3. The predicted octanol–water partition coefficient (Wildman–Crippen LogP) is 3.13. The number of rotatable bonds is 6. The summed E-state index contributed by atoms with van der Waals surface area (Å²) < 4.78 is 64.6. The number of anilines is 1. The van der Waals surface area contributed by atoms with Crippen molar-refractivity contribution < 1.29 is 35.8 Å². The van der Waals surface area contributed by atoms with E-state index in [-0.39, 0.29) is 21.2 Å². The SMILES string of the molecule is CC1=NN(c2ccc(S(=O)(=O)O)cc2)C(=O)/C1=C\C=C(\C)c1c(C)nn(-c2ccc(S(=O)(=O)O)cc2)c1O. The first-order valence-electron chi connectivity index (χ1n) is 10.9. The van der Waals surface area contributed by atoms with Gasteiger partial charge in [-0.3, -0.25) is 13.9 Å². The molecule has 1 amide bonds. The van der Waals surface area contributed by atoms with Crippen LogP contribution in [0.3, 0.4) is 0 Å². The minimum Gasteiger partial charge on any atom is -0.493 e. The van der Waals surface area contributed by atoms with Crippen LogP contribution in [-0.4, -0.2) is 52.4 Å². The lowest BCUT2D eigenvalue weighted by atomic mass is 10.1. The molecule has 3 N–H and O–H groups in total. The summed E-state index contributed by atoms with van der Waals surface area (Å²) in [6.07, 6.45) is 3.16. The molecule has 0 radical (unpaired) electrons. The van der Waals surface area contributed by atoms with Gasteiger partial charge in [0.1, 0.15) is 0 Å². The van der Waals surface area contributed by atoms with Gasteiger partial charge in [0.2, 0.25) is 5.88 Å². The molecular formula is C24H22N4O8S2. The molecule has 0 atom stereocenters. The number of benzene rings is 2. The van der Waals surface area contributed by atoms with E-state index in [2.05, 4.69) is 10.2 Å². The van der Waals surface area contributed by atoms with Crippen LogP contribution in [0.2, 0.25) is 0 Å². The standard InChI is InChI=1S/C24H22N4O8S2/c1-14(22-16(3)26-28(24(22)30)18-7-11-20(12-8-18)38(34,35)36)4-13-21-15(2)25-27(23(21)29)17-5-9-19(10-6-17)37(31,32)33/h4-13,30H,1-3H3,(H,31,32,33)(H,34,35,36)/b14-4-,21-13-. The number of allylic oxidation sites excluding steroid dienone is 3. The fourth-order valence-electron chi connectivity index (χ4n) is 3.85. The molecule has 0 bridgehead atoms. The Kier molecular flexibility index (Phi) is 6.84. The maximum absolute atomic E-state index is 13.0. The van der Waals surface area contributed by atoms with E-state index >= 15 is 0 Å². The first-order valence-corrected chi connectivity index (χ1v) is 13.8. The van der Waals surface area contributed by atoms with Crippen LogP contribution in [0, 0.1) is 6.92 Å². The fourth-order valence-corrected chi connectivity index (χ4v) is 4.81. The molecule has 1 aromatic heterocycles. The van der Waals surface area contributed by atoms with Crippen molar-refractivity contribution >= 4 is 43.1 Å². The molecule has 0 aliphatic carbocycles. The summed E-state index contributed by atoms with van der Waals surface area (Å²) >= 11 is 0. The van der Waals surface area contributed by atoms with Gasteiger partial charge in [-0.15, -0.1) is 0 Å². The summed E-state index contributed by atoms with van der Waals surface area (Å²) in [7, 11) is -8.74. The molecule has 1 aliphatic heterocycles. The third-order valence-corrected chi connectivity index (χ3v) is 7.49. The number of aryl methyl sites for hydroxylation is 1. The van der Waals surface area contributed by atoms with Crippen molar-refractivity contribution in [3.63, 3.8) is 0 Å². The van der Waals surface area contributed by atoms with E-state index in [4.69, 9.17) is 9.11 Å². The van der Waals surface area contributed by atoms with Crippen LogP contribution in [0.15, 0.2) is 81.1 Å². The highest BCUT2D eigenvalue weighted by Crippen LogP contribution is 2.32. The van der Waals surface area contributed by atoms with E-state index in [1.807, 2.05) is 0 Å². The highest BCUT2D eigenvalue weighted by Gasteiger charge is 2.28. The molecule has 4 rings (SSSR count). The van der Waals surface area contributed by atoms with Crippen LogP contribution in [-0.2, 0) is 25.0 Å². The zero-order chi connectivity index (χ0) is 28.0. The molecule has 12 nitrogen and oxygen atoms in total. The Morgan fingerprint density at radius 1 is 0.868 bits per heavy atom. The lowest BCUT2D eigenvalue weighted by Crippen LogP contribution is -2.21. The normalized spacial score (nSPS) is 15.9. The van der Waals surface area contributed by atoms with Crippen LogP contribution in [0.25, 0.3) is 11.3 Å². The third kappa shape index (κ3) is 5.15. The number of aromatic hydroxyl groups is 1. The van der Waals surface area contributed by atoms with Crippen LogP contribution < -0.4 is 5.01 Å². The van der Waals surface area contributed by atoms with Crippen molar-refractivity contribution in [3.8, 4) is 11.6 Å². The molecular weight excluding hydrogens is 536 g/mol. The van der Waals surface area contributed by atoms with E-state index in [0.29, 0.717) is 33.9 Å². The maximum atomic E-state index is 13.0. The van der Waals surface area contributed by atoms with Gasteiger partial charge in [0.05, 0.1) is 43.7 Å². The monoisotopic (exact) mass is 558 g/mol. The average molecular weight is 559 g/mol. The van der Waals surface area contributed by atoms with Crippen molar-refractivity contribution in [1.82, 2.24) is 9.78 Å². The van der Waals surface area contributed by atoms with Crippen LogP contribution >= 0.6 is 0 Å². The van der Waals surface area contributed by atoms with Crippen molar-refractivity contribution in [3.05, 3.63) is 77.5 Å². The first-order chi connectivity index (χ1) is 17.7. The van der Waals surface area contributed by atoms with Crippen LogP contribution in [0.4, 0.5) is 5.69 Å². The number of aromatic nitrogens is 2. The smallest absolute Gasteiger partial charge is 0.294 e. The Bertz CT molecular complexity index is 1750. The molecule has 0 unspecified atom stereocenters. The lowest BCUT2D eigenvalue weighted by Gasteiger charge is -2.11. The Morgan fingerprint density at radius 2 is 1.37 bits per heavy atom. The zero-order valence-corrected chi connectivity index (χ0v) is 21.9. The van der Waals surface area contributed by atoms with Gasteiger partial charge >= 0.3 is 0 Å². The molecule has 0 saturated carbocycles. The minimum absolute atomic E-state index is 0.210. The van der Waals surface area contributed by atoms with Gasteiger partial charge in [-0.2, -0.15) is 32.0 Å². The van der Waals surface area contributed by atoms with Crippen molar-refractivity contribution in [2.75, 3.05) is 5.01 Å². The Morgan fingerprint density at radius 3 is 1.87 bits per heavy atom. The molecule has 2 heterocycles. The van der Waals surface area contributed by atoms with Crippen molar-refractivity contribution in [1.29, 1.82) is 0 Å². The summed E-state index contributed by atoms with van der Waals surface area (Å²) in [5.41, 5.74) is 2.79. The first kappa shape index (κ1) is 26.9. The average Bonchev–Trinajstić information content (AvgIpc) is 3.30. The molecule has 0 spiro atoms. The summed E-state index contributed by atoms with van der Waals surface area (Å²) in [4.78, 5) is 12.4. The van der Waals surface area contributed by atoms with Gasteiger partial charge in [-0.05, 0) is 81.0 Å². The van der Waals surface area contributed by atoms with Gasteiger partial charge in [0.15, 0.2) is 0 Å². The number of hydrogen-bond donors (Lipinski definition) is 3. The van der Waals surface area contributed by atoms with Crippen molar-refractivity contribution in [2.24, 2.45) is 5.10 Å². The van der Waals surface area contributed by atoms with Gasteiger partial charge in [-0.1, -0.05) is 6.08 Å². The van der Waals surface area contributed by atoms with Gasteiger partial charge in [0, 0.05) is 0 Å². The molecule has 3 aromatic rings. The molecule has 14 heteroatoms. The van der Waals surface area contributed by atoms with E-state index in [0.717, 1.165) is 17.1 Å². The predicted molar refractivity (Wildman–Crippen MR) is 138 cm³/mol. The van der Waals surface area contributed by atoms with E-state index in [1.165, 1.54) is 41.1 Å². The molecule has 0 fully saturated rings. The third-order valence-electron chi connectivity index (χ3n) is 5.75. The quantitative estimate of drug-likeness (QED) is 0.303. The maximum Gasteiger partial charge on any atom is 0.294 e. The Hall–Kier alpha value is -4.11. The van der Waals surface area contributed by atoms with Gasteiger partial charge in [-0.25, -0.2) is 4.68 Å². The lowest BCUT2D eigenvalue weighted by molar-refractivity contribution is -0.114. The van der Waals surface area contributed by atoms with E-state index in [9.17, 15) is 26.7 Å². The summed E-state index contributed by atoms with van der Waals surface area (Å²) in [6.45, 7) is 5.02. The molecule has 0 saturated heterocycles. The molecule has 38 heavy (non-hydrogen) atoms. The number of nitrogens with zero attached hydrogens (tertiary/aromatic N) is 4. The number of carbonyl (C=O) groups excluding carboxylic acids is 1. The number of hydrazone groups is 1. The van der Waals surface area contributed by atoms with Crippen LogP contribution in [0.5, 0.6) is 5.88 Å². The second-order valence-electron chi connectivity index (χ2n) is 8.37. The fraction of sp³-hybridized carbons (Fsp3) is 0.125. The van der Waals surface area contributed by atoms with Crippen LogP contribution in [0.1, 0.15) is 25.1 Å². The Labute approximate surface area is 218 Å². The molecule has 2 aromatic carbocycles. The highest BCUT2D eigenvalue weighted by molar-refractivity contribution is 7.86. The molecule has 1 aliphatic rings. The van der Waals surface area contributed by atoms with E-state index in [1.54, 1.807) is 32.9 Å². The number of hydrogen-bond acceptors (Lipinski definition) is 8. The van der Waals surface area contributed by atoms with Crippen molar-refractivity contribution in [2.45, 2.75) is 30.6 Å². The number of carbonyl (C=O) groups is 1. The summed E-state index contributed by atoms with van der Waals surface area (Å²) in [6, 6.07) is 10.2. The topological polar surface area (TPSA) is 179 Å². The minimum atomic E-state index is -4.37. The second-order valence-corrected chi connectivity index (χ2v) is 11.2. The Balaban J connectivity index is 1.61. The second kappa shape index (κ2) is 9.64. The largest absolute Gasteiger partial charge is 0.493 e. The summed E-state index contributed by atoms with van der Waals surface area (Å²) in [5.74, 6) is -0.667. The highest BCUT2D eigenvalue weighted by atomic mass is 32.2. The summed E-state index contributed by atoms with van der Waals surface area (Å²) in [5, 5.41) is 20.5.